The van der Waals surface area contributed by atoms with Crippen molar-refractivity contribution in [3.8, 4) is 12.3 Å². The molecule has 1 unspecified atom stereocenters. The van der Waals surface area contributed by atoms with Crippen molar-refractivity contribution < 1.29 is 0 Å². The Balaban J connectivity index is 2.76. The minimum atomic E-state index is -0.934. The number of nitrogens with zero attached hydrogens (tertiary/aromatic N) is 1. The maximum absolute atomic E-state index is 6.00. The van der Waals surface area contributed by atoms with Gasteiger partial charge in [-0.25, -0.2) is 4.99 Å². The van der Waals surface area contributed by atoms with E-state index in [0.717, 1.165) is 17.3 Å². The molecule has 0 saturated carbocycles. The molecular weight excluding hydrogens is 208 g/mol. The Bertz CT molecular complexity index is 329. The van der Waals surface area contributed by atoms with Gasteiger partial charge in [0.15, 0.2) is 10.8 Å². The van der Waals surface area contributed by atoms with Gasteiger partial charge in [-0.1, -0.05) is 18.7 Å². The second-order valence-electron chi connectivity index (χ2n) is 3.31. The number of amidine groups is 1. The third-order valence-corrected chi connectivity index (χ3v) is 3.06. The average molecular weight is 224 g/mol. The van der Waals surface area contributed by atoms with Crippen LogP contribution in [0, 0.1) is 12.3 Å². The standard InChI is InChI=1S/C10H16N4S/c1-3-5-10(12)8(11)7-13-9(14-10)15-6-4-2/h1,7H,4-6,11-12H2,2H3,(H,13,14). The predicted molar refractivity (Wildman–Crippen MR) is 66.0 cm³/mol. The van der Waals surface area contributed by atoms with Gasteiger partial charge in [-0.2, -0.15) is 0 Å². The Kier molecular flexibility index (Phi) is 4.06. The predicted octanol–water partition coefficient (Wildman–Crippen LogP) is 0.567. The zero-order valence-corrected chi connectivity index (χ0v) is 9.60. The van der Waals surface area contributed by atoms with Crippen LogP contribution in [0.1, 0.15) is 19.8 Å². The molecule has 0 spiro atoms. The Hall–Kier alpha value is -1.12. The maximum Gasteiger partial charge on any atom is 0.163 e. The van der Waals surface area contributed by atoms with Gasteiger partial charge in [-0.05, 0) is 6.42 Å². The molecule has 4 nitrogen and oxygen atoms in total. The van der Waals surface area contributed by atoms with E-state index in [0.29, 0.717) is 12.1 Å². The van der Waals surface area contributed by atoms with E-state index in [1.807, 2.05) is 0 Å². The van der Waals surface area contributed by atoms with Crippen molar-refractivity contribution in [1.82, 2.24) is 5.32 Å². The summed E-state index contributed by atoms with van der Waals surface area (Å²) in [5.74, 6) is 3.49. The maximum atomic E-state index is 6.00. The van der Waals surface area contributed by atoms with Gasteiger partial charge in [0.25, 0.3) is 0 Å². The lowest BCUT2D eigenvalue weighted by molar-refractivity contribution is 0.522. The topological polar surface area (TPSA) is 76.4 Å². The molecule has 0 aliphatic carbocycles. The molecule has 0 aromatic rings. The summed E-state index contributed by atoms with van der Waals surface area (Å²) >= 11 is 1.62. The van der Waals surface area contributed by atoms with Crippen LogP contribution in [0.2, 0.25) is 0 Å². The van der Waals surface area contributed by atoms with E-state index in [-0.39, 0.29) is 0 Å². The molecular formula is C10H16N4S. The average Bonchev–Trinajstić information content (AvgIpc) is 2.20. The van der Waals surface area contributed by atoms with E-state index in [4.69, 9.17) is 17.9 Å². The molecule has 82 valence electrons. The van der Waals surface area contributed by atoms with Gasteiger partial charge in [0.1, 0.15) is 0 Å². The molecule has 0 aromatic heterocycles. The monoisotopic (exact) mass is 224 g/mol. The number of aliphatic imine (C=N–C) groups is 1. The number of nitrogens with two attached hydrogens (primary N) is 2. The first-order valence-electron chi connectivity index (χ1n) is 4.80. The second kappa shape index (κ2) is 5.10. The van der Waals surface area contributed by atoms with Crippen LogP contribution in [-0.2, 0) is 0 Å². The number of terminal acetylenes is 1. The summed E-state index contributed by atoms with van der Waals surface area (Å²) in [6.07, 6.45) is 8.31. The number of rotatable bonds is 3. The summed E-state index contributed by atoms with van der Waals surface area (Å²) in [6, 6.07) is 0. The molecule has 0 fully saturated rings. The summed E-state index contributed by atoms with van der Waals surface area (Å²) in [5.41, 5.74) is 11.3. The number of thioether (sulfide) groups is 1. The molecule has 5 N–H and O–H groups in total. The van der Waals surface area contributed by atoms with E-state index in [1.165, 1.54) is 0 Å². The third-order valence-electron chi connectivity index (χ3n) is 1.97. The van der Waals surface area contributed by atoms with Crippen molar-refractivity contribution in [3.63, 3.8) is 0 Å². The van der Waals surface area contributed by atoms with Gasteiger partial charge in [0, 0.05) is 12.0 Å². The molecule has 0 amide bonds. The molecule has 1 aliphatic heterocycles. The lowest BCUT2D eigenvalue weighted by Gasteiger charge is -2.28. The highest BCUT2D eigenvalue weighted by Crippen LogP contribution is 2.21. The van der Waals surface area contributed by atoms with E-state index >= 15 is 0 Å². The summed E-state index contributed by atoms with van der Waals surface area (Å²) in [4.78, 5) is 4.33. The van der Waals surface area contributed by atoms with E-state index in [1.54, 1.807) is 18.0 Å². The van der Waals surface area contributed by atoms with Crippen LogP contribution < -0.4 is 16.8 Å². The highest BCUT2D eigenvalue weighted by Gasteiger charge is 2.29. The highest BCUT2D eigenvalue weighted by atomic mass is 32.2. The molecule has 0 bridgehead atoms. The Labute approximate surface area is 94.6 Å². The summed E-state index contributed by atoms with van der Waals surface area (Å²) in [5, 5.41) is 3.78. The van der Waals surface area contributed by atoms with Gasteiger partial charge in [-0.15, -0.1) is 12.3 Å². The Morgan fingerprint density at radius 3 is 3.07 bits per heavy atom. The zero-order chi connectivity index (χ0) is 11.3. The quantitative estimate of drug-likeness (QED) is 0.612. The molecule has 5 heteroatoms. The molecule has 0 aromatic carbocycles. The first kappa shape index (κ1) is 12.0. The lowest BCUT2D eigenvalue weighted by atomic mass is 10.0. The SMILES string of the molecule is C#CCC1(N)N=C(SCCC)NC=C1N. The van der Waals surface area contributed by atoms with Crippen LogP contribution in [0.5, 0.6) is 0 Å². The fourth-order valence-corrected chi connectivity index (χ4v) is 1.88. The highest BCUT2D eigenvalue weighted by molar-refractivity contribution is 8.13. The molecule has 1 heterocycles. The van der Waals surface area contributed by atoms with Crippen LogP contribution in [0.3, 0.4) is 0 Å². The Morgan fingerprint density at radius 2 is 2.47 bits per heavy atom. The fourth-order valence-electron chi connectivity index (χ4n) is 1.11. The number of hydrogen-bond donors (Lipinski definition) is 3. The van der Waals surface area contributed by atoms with Gasteiger partial charge in [0.05, 0.1) is 12.1 Å². The lowest BCUT2D eigenvalue weighted by Crippen LogP contribution is -2.47. The number of hydrogen-bond acceptors (Lipinski definition) is 5. The van der Waals surface area contributed by atoms with Crippen LogP contribution in [-0.4, -0.2) is 16.6 Å². The van der Waals surface area contributed by atoms with Crippen LogP contribution in [0.15, 0.2) is 16.9 Å². The first-order chi connectivity index (χ1) is 7.12. The molecule has 0 radical (unpaired) electrons. The van der Waals surface area contributed by atoms with Crippen molar-refractivity contribution in [2.75, 3.05) is 5.75 Å². The fraction of sp³-hybridized carbons (Fsp3) is 0.500. The molecule has 15 heavy (non-hydrogen) atoms. The van der Waals surface area contributed by atoms with Gasteiger partial charge >= 0.3 is 0 Å². The van der Waals surface area contributed by atoms with Crippen molar-refractivity contribution >= 4 is 16.9 Å². The minimum Gasteiger partial charge on any atom is -0.398 e. The summed E-state index contributed by atoms with van der Waals surface area (Å²) in [6.45, 7) is 2.11. The van der Waals surface area contributed by atoms with E-state index in [2.05, 4.69) is 23.2 Å². The molecule has 1 atom stereocenters. The van der Waals surface area contributed by atoms with Crippen LogP contribution >= 0.6 is 11.8 Å². The summed E-state index contributed by atoms with van der Waals surface area (Å²) < 4.78 is 0. The van der Waals surface area contributed by atoms with Gasteiger partial charge in [0.2, 0.25) is 0 Å². The van der Waals surface area contributed by atoms with Crippen molar-refractivity contribution in [2.45, 2.75) is 25.4 Å². The van der Waals surface area contributed by atoms with Crippen LogP contribution in [0.25, 0.3) is 0 Å². The zero-order valence-electron chi connectivity index (χ0n) is 8.79. The largest absolute Gasteiger partial charge is 0.398 e. The summed E-state index contributed by atoms with van der Waals surface area (Å²) in [7, 11) is 0. The second-order valence-corrected chi connectivity index (χ2v) is 4.40. The molecule has 1 rings (SSSR count). The van der Waals surface area contributed by atoms with Crippen molar-refractivity contribution in [3.05, 3.63) is 11.9 Å². The Morgan fingerprint density at radius 1 is 1.73 bits per heavy atom. The minimum absolute atomic E-state index is 0.313. The normalized spacial score (nSPS) is 24.9. The molecule has 0 saturated heterocycles. The van der Waals surface area contributed by atoms with Crippen LogP contribution in [0.4, 0.5) is 0 Å². The van der Waals surface area contributed by atoms with Crippen molar-refractivity contribution in [2.24, 2.45) is 16.5 Å². The van der Waals surface area contributed by atoms with E-state index in [9.17, 15) is 0 Å². The van der Waals surface area contributed by atoms with Gasteiger partial charge in [-0.3, -0.25) is 0 Å². The molecule has 1 aliphatic rings. The number of nitrogens with one attached hydrogen (secondary N) is 1. The van der Waals surface area contributed by atoms with Gasteiger partial charge < -0.3 is 16.8 Å². The third kappa shape index (κ3) is 2.91. The first-order valence-corrected chi connectivity index (χ1v) is 5.78. The smallest absolute Gasteiger partial charge is 0.163 e. The van der Waals surface area contributed by atoms with E-state index < -0.39 is 5.66 Å². The van der Waals surface area contributed by atoms with Crippen molar-refractivity contribution in [1.29, 1.82) is 0 Å².